The fraction of sp³-hybridized carbons (Fsp3) is 0.500. The van der Waals surface area contributed by atoms with Gasteiger partial charge in [-0.25, -0.2) is 4.98 Å². The number of carbonyl (C=O) groups excluding carboxylic acids is 2. The van der Waals surface area contributed by atoms with E-state index in [0.29, 0.717) is 32.4 Å². The van der Waals surface area contributed by atoms with E-state index in [9.17, 15) is 22.8 Å². The summed E-state index contributed by atoms with van der Waals surface area (Å²) in [6.07, 6.45) is -0.620. The number of aromatic nitrogens is 2. The van der Waals surface area contributed by atoms with Crippen LogP contribution in [0.2, 0.25) is 5.15 Å². The Kier molecular flexibility index (Phi) is 5.27. The van der Waals surface area contributed by atoms with Gasteiger partial charge in [0.15, 0.2) is 11.3 Å². The quantitative estimate of drug-likeness (QED) is 0.636. The van der Waals surface area contributed by atoms with Gasteiger partial charge in [0.25, 0.3) is 5.91 Å². The van der Waals surface area contributed by atoms with Crippen LogP contribution in [-0.2, 0) is 11.0 Å². The van der Waals surface area contributed by atoms with Crippen molar-refractivity contribution in [1.82, 2.24) is 19.2 Å². The number of likely N-dealkylation sites (tertiary alicyclic amines) is 2. The molecule has 11 heteroatoms. The Morgan fingerprint density at radius 2 is 1.93 bits per heavy atom. The summed E-state index contributed by atoms with van der Waals surface area (Å²) >= 11 is 9.27. The second-order valence-electron chi connectivity index (χ2n) is 7.23. The van der Waals surface area contributed by atoms with Gasteiger partial charge in [-0.3, -0.25) is 14.0 Å². The second-order valence-corrected chi connectivity index (χ2v) is 8.50. The Bertz CT molecular complexity index is 986. The fourth-order valence-electron chi connectivity index (χ4n) is 4.01. The van der Waals surface area contributed by atoms with Crippen LogP contribution in [0.3, 0.4) is 0 Å². The summed E-state index contributed by atoms with van der Waals surface area (Å²) in [7, 11) is 0. The normalized spacial score (nSPS) is 18.9. The van der Waals surface area contributed by atoms with Crippen LogP contribution in [0.5, 0.6) is 0 Å². The van der Waals surface area contributed by atoms with Crippen molar-refractivity contribution in [3.05, 3.63) is 33.1 Å². The standard InChI is InChI=1S/C18H17BrClF3N4O2/c19-10-8-12(18(21,22)23)16-24-14(15(20)27(16)9-10)17(29)25-6-3-11(4-7-25)26-5-1-2-13(26)28/h8-9,11H,1-7H2. The molecule has 0 saturated carbocycles. The Balaban J connectivity index is 1.58. The van der Waals surface area contributed by atoms with Crippen molar-refractivity contribution in [3.63, 3.8) is 0 Å². The average Bonchev–Trinajstić information content (AvgIpc) is 3.24. The van der Waals surface area contributed by atoms with Gasteiger partial charge in [-0.2, -0.15) is 13.2 Å². The number of imidazole rings is 1. The van der Waals surface area contributed by atoms with Crippen LogP contribution >= 0.6 is 27.5 Å². The van der Waals surface area contributed by atoms with E-state index in [1.165, 1.54) is 11.1 Å². The summed E-state index contributed by atoms with van der Waals surface area (Å²) in [6, 6.07) is 1.00. The predicted molar refractivity (Wildman–Crippen MR) is 103 cm³/mol. The van der Waals surface area contributed by atoms with E-state index in [2.05, 4.69) is 20.9 Å². The number of fused-ring (bicyclic) bond motifs is 1. The Morgan fingerprint density at radius 1 is 1.24 bits per heavy atom. The van der Waals surface area contributed by atoms with Gasteiger partial charge in [-0.15, -0.1) is 0 Å². The molecule has 2 amide bonds. The molecule has 6 nitrogen and oxygen atoms in total. The van der Waals surface area contributed by atoms with E-state index in [4.69, 9.17) is 11.6 Å². The van der Waals surface area contributed by atoms with Crippen LogP contribution in [-0.4, -0.2) is 56.7 Å². The summed E-state index contributed by atoms with van der Waals surface area (Å²) in [4.78, 5) is 32.2. The van der Waals surface area contributed by atoms with Crippen molar-refractivity contribution >= 4 is 45.0 Å². The minimum atomic E-state index is -4.64. The molecule has 2 fully saturated rings. The molecule has 2 saturated heterocycles. The summed E-state index contributed by atoms with van der Waals surface area (Å²) in [5.41, 5.74) is -1.59. The van der Waals surface area contributed by atoms with Gasteiger partial charge >= 0.3 is 6.18 Å². The van der Waals surface area contributed by atoms with Gasteiger partial charge in [0.05, 0.1) is 5.56 Å². The maximum absolute atomic E-state index is 13.4. The molecule has 0 aromatic carbocycles. The summed E-state index contributed by atoms with van der Waals surface area (Å²) in [5, 5.41) is -0.159. The van der Waals surface area contributed by atoms with Gasteiger partial charge in [-0.05, 0) is 41.3 Å². The van der Waals surface area contributed by atoms with Crippen LogP contribution in [0.15, 0.2) is 16.7 Å². The topological polar surface area (TPSA) is 57.9 Å². The number of pyridine rings is 1. The van der Waals surface area contributed by atoms with Gasteiger partial charge in [0.1, 0.15) is 5.15 Å². The van der Waals surface area contributed by atoms with E-state index < -0.39 is 23.3 Å². The average molecular weight is 494 g/mol. The number of rotatable bonds is 2. The molecule has 4 rings (SSSR count). The van der Waals surface area contributed by atoms with E-state index in [1.54, 1.807) is 0 Å². The van der Waals surface area contributed by atoms with Gasteiger partial charge in [-0.1, -0.05) is 11.6 Å². The molecule has 156 valence electrons. The highest BCUT2D eigenvalue weighted by molar-refractivity contribution is 9.10. The van der Waals surface area contributed by atoms with Gasteiger partial charge in [0, 0.05) is 42.8 Å². The van der Waals surface area contributed by atoms with Crippen molar-refractivity contribution in [2.75, 3.05) is 19.6 Å². The number of hydrogen-bond donors (Lipinski definition) is 0. The monoisotopic (exact) mass is 492 g/mol. The summed E-state index contributed by atoms with van der Waals surface area (Å²) < 4.78 is 41.4. The molecule has 2 aliphatic heterocycles. The highest BCUT2D eigenvalue weighted by atomic mass is 79.9. The van der Waals surface area contributed by atoms with Crippen molar-refractivity contribution in [2.24, 2.45) is 0 Å². The molecule has 0 atom stereocenters. The molecule has 2 aliphatic rings. The predicted octanol–water partition coefficient (Wildman–Crippen LogP) is 4.00. The molecule has 0 unspecified atom stereocenters. The molecule has 0 N–H and O–H groups in total. The zero-order chi connectivity index (χ0) is 20.9. The number of carbonyl (C=O) groups is 2. The lowest BCUT2D eigenvalue weighted by molar-refractivity contribution is -0.136. The van der Waals surface area contributed by atoms with Crippen molar-refractivity contribution < 1.29 is 22.8 Å². The van der Waals surface area contributed by atoms with Crippen molar-refractivity contribution in [1.29, 1.82) is 0 Å². The smallest absolute Gasteiger partial charge is 0.340 e. The molecule has 0 spiro atoms. The molecule has 2 aromatic heterocycles. The number of piperidine rings is 1. The first kappa shape index (κ1) is 20.5. The number of hydrogen-bond acceptors (Lipinski definition) is 3. The molecular formula is C18H17BrClF3N4O2. The zero-order valence-electron chi connectivity index (χ0n) is 15.2. The SMILES string of the molecule is O=C(c1nc2c(C(F)(F)F)cc(Br)cn2c1Cl)N1CCC(N2CCCC2=O)CC1. The maximum atomic E-state index is 13.4. The fourth-order valence-corrected chi connectivity index (χ4v) is 4.70. The highest BCUT2D eigenvalue weighted by Gasteiger charge is 2.37. The number of halogens is 5. The maximum Gasteiger partial charge on any atom is 0.420 e. The Morgan fingerprint density at radius 3 is 2.52 bits per heavy atom. The van der Waals surface area contributed by atoms with Crippen LogP contribution in [0.25, 0.3) is 5.65 Å². The van der Waals surface area contributed by atoms with E-state index in [1.807, 2.05) is 4.90 Å². The van der Waals surface area contributed by atoms with Crippen LogP contribution in [0.4, 0.5) is 13.2 Å². The van der Waals surface area contributed by atoms with Crippen LogP contribution in [0.1, 0.15) is 41.7 Å². The third-order valence-corrected chi connectivity index (χ3v) is 6.23. The number of alkyl halides is 3. The van der Waals surface area contributed by atoms with Gasteiger partial charge in [0.2, 0.25) is 5.91 Å². The van der Waals surface area contributed by atoms with E-state index in [-0.39, 0.29) is 27.3 Å². The molecule has 2 aromatic rings. The zero-order valence-corrected chi connectivity index (χ0v) is 17.5. The highest BCUT2D eigenvalue weighted by Crippen LogP contribution is 2.36. The first-order chi connectivity index (χ1) is 13.7. The summed E-state index contributed by atoms with van der Waals surface area (Å²) in [5.74, 6) is -0.363. The third-order valence-electron chi connectivity index (χ3n) is 5.44. The molecule has 4 heterocycles. The van der Waals surface area contributed by atoms with E-state index >= 15 is 0 Å². The largest absolute Gasteiger partial charge is 0.420 e. The lowest BCUT2D eigenvalue weighted by Gasteiger charge is -2.36. The van der Waals surface area contributed by atoms with Crippen LogP contribution < -0.4 is 0 Å². The summed E-state index contributed by atoms with van der Waals surface area (Å²) in [6.45, 7) is 1.53. The van der Waals surface area contributed by atoms with Crippen molar-refractivity contribution in [3.8, 4) is 0 Å². The molecular weight excluding hydrogens is 477 g/mol. The second kappa shape index (κ2) is 7.46. The Hall–Kier alpha value is -1.81. The van der Waals surface area contributed by atoms with Crippen molar-refractivity contribution in [2.45, 2.75) is 37.9 Å². The molecule has 29 heavy (non-hydrogen) atoms. The van der Waals surface area contributed by atoms with Crippen LogP contribution in [0, 0.1) is 0 Å². The first-order valence-electron chi connectivity index (χ1n) is 9.20. The number of amides is 2. The third kappa shape index (κ3) is 3.72. The lowest BCUT2D eigenvalue weighted by atomic mass is 10.0. The molecule has 0 bridgehead atoms. The minimum Gasteiger partial charge on any atom is -0.340 e. The Labute approximate surface area is 177 Å². The number of nitrogens with zero attached hydrogens (tertiary/aromatic N) is 4. The van der Waals surface area contributed by atoms with E-state index in [0.717, 1.165) is 23.4 Å². The minimum absolute atomic E-state index is 0.0957. The first-order valence-corrected chi connectivity index (χ1v) is 10.4. The lowest BCUT2D eigenvalue weighted by Crippen LogP contribution is -2.47. The molecule has 0 radical (unpaired) electrons. The van der Waals surface area contributed by atoms with Gasteiger partial charge < -0.3 is 9.80 Å². The molecule has 0 aliphatic carbocycles.